The van der Waals surface area contributed by atoms with Crippen LogP contribution in [-0.4, -0.2) is 42.9 Å². The Bertz CT molecular complexity index is 254. The molecule has 0 aromatic carbocycles. The van der Waals surface area contributed by atoms with Crippen molar-refractivity contribution in [2.75, 3.05) is 19.7 Å². The summed E-state index contributed by atoms with van der Waals surface area (Å²) in [5.41, 5.74) is -0.418. The largest absolute Gasteiger partial charge is 0.405 e. The smallest absolute Gasteiger partial charge is 0.396 e. The van der Waals surface area contributed by atoms with Gasteiger partial charge in [0.25, 0.3) is 0 Å². The summed E-state index contributed by atoms with van der Waals surface area (Å²) in [6.45, 7) is 3.96. The van der Waals surface area contributed by atoms with Gasteiger partial charge in [0.2, 0.25) is 5.91 Å². The maximum atomic E-state index is 11.8. The third kappa shape index (κ3) is 7.98. The molecule has 0 aliphatic heterocycles. The minimum absolute atomic E-state index is 0.0725. The predicted molar refractivity (Wildman–Crippen MR) is 57.4 cm³/mol. The first-order valence-electron chi connectivity index (χ1n) is 5.26. The second-order valence-corrected chi connectivity index (χ2v) is 4.76. The first-order valence-corrected chi connectivity index (χ1v) is 5.26. The summed E-state index contributed by atoms with van der Waals surface area (Å²) < 4.78 is 35.5. The average Bonchev–Trinajstić information content (AvgIpc) is 2.21. The van der Waals surface area contributed by atoms with Crippen molar-refractivity contribution in [1.29, 1.82) is 0 Å². The van der Waals surface area contributed by atoms with Crippen LogP contribution in [0.5, 0.6) is 0 Å². The molecule has 1 atom stereocenters. The quantitative estimate of drug-likeness (QED) is 0.654. The molecule has 17 heavy (non-hydrogen) atoms. The van der Waals surface area contributed by atoms with Crippen molar-refractivity contribution in [2.45, 2.75) is 33.0 Å². The van der Waals surface area contributed by atoms with Crippen molar-refractivity contribution >= 4 is 5.91 Å². The predicted octanol–water partition coefficient (Wildman–Crippen LogP) is 0.661. The molecule has 7 heteroatoms. The van der Waals surface area contributed by atoms with Crippen molar-refractivity contribution < 1.29 is 23.1 Å². The molecule has 1 amide bonds. The van der Waals surface area contributed by atoms with Crippen LogP contribution in [0.3, 0.4) is 0 Å². The van der Waals surface area contributed by atoms with Crippen LogP contribution in [0.15, 0.2) is 0 Å². The normalized spacial score (nSPS) is 14.5. The third-order valence-corrected chi connectivity index (χ3v) is 2.17. The van der Waals surface area contributed by atoms with E-state index in [2.05, 4.69) is 5.32 Å². The molecule has 0 aromatic heterocycles. The molecule has 0 rings (SSSR count). The van der Waals surface area contributed by atoms with E-state index >= 15 is 0 Å². The Kier molecular flexibility index (Phi) is 5.91. The number of amides is 1. The highest BCUT2D eigenvalue weighted by atomic mass is 19.4. The lowest BCUT2D eigenvalue weighted by atomic mass is 9.94. The molecule has 3 N–H and O–H groups in total. The summed E-state index contributed by atoms with van der Waals surface area (Å²) in [4.78, 5) is 11.3. The van der Waals surface area contributed by atoms with Gasteiger partial charge in [0.1, 0.15) is 6.54 Å². The topological polar surface area (TPSA) is 61.4 Å². The Balaban J connectivity index is 3.99. The number of carbonyl (C=O) groups is 1. The Hall–Kier alpha value is -0.820. The van der Waals surface area contributed by atoms with Gasteiger partial charge in [-0.25, -0.2) is 0 Å². The van der Waals surface area contributed by atoms with Crippen LogP contribution in [-0.2, 0) is 4.79 Å². The Morgan fingerprint density at radius 3 is 2.24 bits per heavy atom. The maximum absolute atomic E-state index is 11.8. The van der Waals surface area contributed by atoms with E-state index in [-0.39, 0.29) is 6.61 Å². The Morgan fingerprint density at radius 1 is 1.29 bits per heavy atom. The molecule has 1 unspecified atom stereocenters. The van der Waals surface area contributed by atoms with Crippen molar-refractivity contribution in [3.05, 3.63) is 0 Å². The number of aliphatic hydroxyl groups excluding tert-OH is 1. The molecule has 0 saturated carbocycles. The number of alkyl halides is 3. The van der Waals surface area contributed by atoms with Gasteiger partial charge in [-0.2, -0.15) is 13.2 Å². The van der Waals surface area contributed by atoms with Gasteiger partial charge in [-0.05, 0) is 6.92 Å². The fraction of sp³-hybridized carbons (Fsp3) is 0.900. The number of hydrogen-bond acceptors (Lipinski definition) is 3. The minimum atomic E-state index is -4.40. The average molecular weight is 256 g/mol. The summed E-state index contributed by atoms with van der Waals surface area (Å²) in [6.07, 6.45) is -4.40. The zero-order valence-electron chi connectivity index (χ0n) is 10.2. The lowest BCUT2D eigenvalue weighted by molar-refractivity contribution is -0.139. The molecule has 102 valence electrons. The molecule has 0 aliphatic carbocycles. The number of hydrogen-bond donors (Lipinski definition) is 3. The van der Waals surface area contributed by atoms with Crippen molar-refractivity contribution in [3.8, 4) is 0 Å². The number of nitrogens with one attached hydrogen (secondary N) is 2. The molecule has 0 bridgehead atoms. The van der Waals surface area contributed by atoms with E-state index in [0.29, 0.717) is 6.54 Å². The fourth-order valence-corrected chi connectivity index (χ4v) is 0.918. The molecule has 0 heterocycles. The molecule has 0 spiro atoms. The Morgan fingerprint density at radius 2 is 1.82 bits per heavy atom. The third-order valence-electron chi connectivity index (χ3n) is 2.17. The highest BCUT2D eigenvalue weighted by Crippen LogP contribution is 2.13. The first kappa shape index (κ1) is 16.2. The number of aliphatic hydroxyl groups is 1. The van der Waals surface area contributed by atoms with Gasteiger partial charge in [-0.3, -0.25) is 4.79 Å². The zero-order chi connectivity index (χ0) is 13.7. The summed E-state index contributed by atoms with van der Waals surface area (Å²) in [5.74, 6) is -0.712. The van der Waals surface area contributed by atoms with Crippen LogP contribution in [0.2, 0.25) is 0 Å². The summed E-state index contributed by atoms with van der Waals surface area (Å²) in [6, 6.07) is -0.733. The number of halogens is 3. The van der Waals surface area contributed by atoms with Gasteiger partial charge in [0.15, 0.2) is 0 Å². The molecule has 0 aliphatic rings. The second-order valence-electron chi connectivity index (χ2n) is 4.76. The van der Waals surface area contributed by atoms with Crippen LogP contribution >= 0.6 is 0 Å². The highest BCUT2D eigenvalue weighted by Gasteiger charge is 2.29. The van der Waals surface area contributed by atoms with Gasteiger partial charge < -0.3 is 15.7 Å². The van der Waals surface area contributed by atoms with Crippen LogP contribution in [0.25, 0.3) is 0 Å². The van der Waals surface area contributed by atoms with Gasteiger partial charge in [0, 0.05) is 18.6 Å². The van der Waals surface area contributed by atoms with Crippen molar-refractivity contribution in [2.24, 2.45) is 5.41 Å². The number of rotatable bonds is 6. The molecule has 0 fully saturated rings. The lowest BCUT2D eigenvalue weighted by Gasteiger charge is -2.24. The number of carbonyl (C=O) groups excluding carboxylic acids is 1. The first-order chi connectivity index (χ1) is 7.57. The molecular formula is C10H19F3N2O2. The Labute approximate surface area is 98.6 Å². The van der Waals surface area contributed by atoms with E-state index in [1.807, 2.05) is 0 Å². The molecule has 0 aromatic rings. The van der Waals surface area contributed by atoms with E-state index in [1.54, 1.807) is 19.2 Å². The van der Waals surface area contributed by atoms with E-state index in [4.69, 9.17) is 5.11 Å². The lowest BCUT2D eigenvalue weighted by Crippen LogP contribution is -2.47. The molecular weight excluding hydrogens is 237 g/mol. The van der Waals surface area contributed by atoms with Crippen molar-refractivity contribution in [3.63, 3.8) is 0 Å². The second kappa shape index (κ2) is 6.20. The molecule has 0 saturated heterocycles. The van der Waals surface area contributed by atoms with E-state index < -0.39 is 30.1 Å². The van der Waals surface area contributed by atoms with Crippen molar-refractivity contribution in [1.82, 2.24) is 10.6 Å². The van der Waals surface area contributed by atoms with Crippen LogP contribution in [0.1, 0.15) is 20.8 Å². The summed E-state index contributed by atoms with van der Waals surface area (Å²) in [5, 5.41) is 13.5. The minimum Gasteiger partial charge on any atom is -0.396 e. The zero-order valence-corrected chi connectivity index (χ0v) is 10.2. The van der Waals surface area contributed by atoms with Crippen LogP contribution in [0, 0.1) is 5.41 Å². The van der Waals surface area contributed by atoms with Gasteiger partial charge in [-0.15, -0.1) is 0 Å². The molecule has 0 radical (unpaired) electrons. The standard InChI is InChI=1S/C10H19F3N2O2/c1-7(14-4-9(2,3)6-16)8(17)15-5-10(11,12)13/h7,14,16H,4-6H2,1-3H3,(H,15,17). The highest BCUT2D eigenvalue weighted by molar-refractivity contribution is 5.81. The van der Waals surface area contributed by atoms with E-state index in [9.17, 15) is 18.0 Å². The van der Waals surface area contributed by atoms with Crippen LogP contribution < -0.4 is 10.6 Å². The van der Waals surface area contributed by atoms with Gasteiger partial charge in [0.05, 0.1) is 6.04 Å². The molecule has 4 nitrogen and oxygen atoms in total. The van der Waals surface area contributed by atoms with Gasteiger partial charge in [-0.1, -0.05) is 13.8 Å². The van der Waals surface area contributed by atoms with E-state index in [0.717, 1.165) is 0 Å². The van der Waals surface area contributed by atoms with Crippen LogP contribution in [0.4, 0.5) is 13.2 Å². The summed E-state index contributed by atoms with van der Waals surface area (Å²) >= 11 is 0. The fourth-order valence-electron chi connectivity index (χ4n) is 0.918. The maximum Gasteiger partial charge on any atom is 0.405 e. The summed E-state index contributed by atoms with van der Waals surface area (Å²) in [7, 11) is 0. The van der Waals surface area contributed by atoms with E-state index in [1.165, 1.54) is 6.92 Å². The monoisotopic (exact) mass is 256 g/mol. The SMILES string of the molecule is CC(NCC(C)(C)CO)C(=O)NCC(F)(F)F. The van der Waals surface area contributed by atoms with Gasteiger partial charge >= 0.3 is 6.18 Å².